The Morgan fingerprint density at radius 3 is 3.14 bits per heavy atom. The van der Waals surface area contributed by atoms with E-state index in [1.54, 1.807) is 0 Å². The van der Waals surface area contributed by atoms with Crippen molar-refractivity contribution in [1.82, 2.24) is 10.6 Å². The van der Waals surface area contributed by atoms with Crippen molar-refractivity contribution in [2.75, 3.05) is 13.1 Å². The van der Waals surface area contributed by atoms with Gasteiger partial charge in [0.05, 0.1) is 5.92 Å². The quantitative estimate of drug-likeness (QED) is 0.660. The van der Waals surface area contributed by atoms with E-state index in [2.05, 4.69) is 17.2 Å². The average Bonchev–Trinajstić information content (AvgIpc) is 2.19. The monoisotopic (exact) mass is 196 g/mol. The summed E-state index contributed by atoms with van der Waals surface area (Å²) in [5.41, 5.74) is 0. The van der Waals surface area contributed by atoms with Crippen molar-refractivity contribution in [3.05, 3.63) is 12.7 Å². The molecule has 0 spiro atoms. The van der Waals surface area contributed by atoms with Crippen LogP contribution in [0.1, 0.15) is 26.2 Å². The fourth-order valence-electron chi connectivity index (χ4n) is 1.75. The second-order valence-corrected chi connectivity index (χ2v) is 3.98. The van der Waals surface area contributed by atoms with E-state index >= 15 is 0 Å². The van der Waals surface area contributed by atoms with Gasteiger partial charge in [0.1, 0.15) is 0 Å². The van der Waals surface area contributed by atoms with Crippen LogP contribution in [0.25, 0.3) is 0 Å². The second-order valence-electron chi connectivity index (χ2n) is 3.98. The number of nitrogens with one attached hydrogen (secondary N) is 2. The van der Waals surface area contributed by atoms with Crippen molar-refractivity contribution in [3.63, 3.8) is 0 Å². The molecule has 1 fully saturated rings. The van der Waals surface area contributed by atoms with Crippen LogP contribution in [0.3, 0.4) is 0 Å². The topological polar surface area (TPSA) is 41.1 Å². The molecule has 0 bridgehead atoms. The Kier molecular flexibility index (Phi) is 4.66. The zero-order valence-corrected chi connectivity index (χ0v) is 8.88. The fraction of sp³-hybridized carbons (Fsp3) is 0.727. The van der Waals surface area contributed by atoms with Gasteiger partial charge >= 0.3 is 0 Å². The first kappa shape index (κ1) is 11.2. The van der Waals surface area contributed by atoms with Gasteiger partial charge in [0.2, 0.25) is 5.91 Å². The lowest BCUT2D eigenvalue weighted by molar-refractivity contribution is -0.126. The number of amides is 1. The molecule has 3 nitrogen and oxygen atoms in total. The highest BCUT2D eigenvalue weighted by atomic mass is 16.1. The summed E-state index contributed by atoms with van der Waals surface area (Å²) in [4.78, 5) is 11.7. The van der Waals surface area contributed by atoms with E-state index in [9.17, 15) is 4.79 Å². The Morgan fingerprint density at radius 1 is 1.79 bits per heavy atom. The minimum Gasteiger partial charge on any atom is -0.353 e. The Hall–Kier alpha value is -0.830. The molecule has 1 rings (SSSR count). The van der Waals surface area contributed by atoms with Crippen LogP contribution in [0.5, 0.6) is 0 Å². The molecular weight excluding hydrogens is 176 g/mol. The predicted octanol–water partition coefficient (Wildman–Crippen LogP) is 1.07. The van der Waals surface area contributed by atoms with Crippen LogP contribution < -0.4 is 10.6 Å². The maximum absolute atomic E-state index is 11.7. The molecule has 2 atom stereocenters. The lowest BCUT2D eigenvalue weighted by Crippen LogP contribution is -2.43. The lowest BCUT2D eigenvalue weighted by Gasteiger charge is -2.23. The molecule has 1 aliphatic heterocycles. The Labute approximate surface area is 86.0 Å². The highest BCUT2D eigenvalue weighted by Gasteiger charge is 2.21. The molecule has 1 amide bonds. The smallest absolute Gasteiger partial charge is 0.224 e. The van der Waals surface area contributed by atoms with Gasteiger partial charge in [0, 0.05) is 12.6 Å². The molecule has 1 heterocycles. The highest BCUT2D eigenvalue weighted by molar-refractivity contribution is 5.79. The largest absolute Gasteiger partial charge is 0.353 e. The first-order valence-electron chi connectivity index (χ1n) is 5.36. The summed E-state index contributed by atoms with van der Waals surface area (Å²) in [6.45, 7) is 7.54. The van der Waals surface area contributed by atoms with E-state index in [4.69, 9.17) is 0 Å². The van der Waals surface area contributed by atoms with E-state index in [1.807, 2.05) is 13.0 Å². The highest BCUT2D eigenvalue weighted by Crippen LogP contribution is 2.10. The van der Waals surface area contributed by atoms with Gasteiger partial charge < -0.3 is 10.6 Å². The van der Waals surface area contributed by atoms with Crippen LogP contribution in [-0.2, 0) is 4.79 Å². The number of hydrogen-bond acceptors (Lipinski definition) is 2. The third kappa shape index (κ3) is 3.50. The van der Waals surface area contributed by atoms with E-state index in [-0.39, 0.29) is 17.9 Å². The zero-order valence-electron chi connectivity index (χ0n) is 8.88. The zero-order chi connectivity index (χ0) is 10.4. The molecule has 0 aliphatic carbocycles. The van der Waals surface area contributed by atoms with Crippen molar-refractivity contribution < 1.29 is 4.79 Å². The minimum absolute atomic E-state index is 0.163. The van der Waals surface area contributed by atoms with Gasteiger partial charge in [-0.2, -0.15) is 0 Å². The van der Waals surface area contributed by atoms with Gasteiger partial charge in [0.25, 0.3) is 0 Å². The molecule has 0 saturated carbocycles. The maximum atomic E-state index is 11.7. The minimum atomic E-state index is 0.163. The summed E-state index contributed by atoms with van der Waals surface area (Å²) in [7, 11) is 0. The van der Waals surface area contributed by atoms with E-state index in [1.165, 1.54) is 0 Å². The molecule has 0 aromatic heterocycles. The molecule has 0 radical (unpaired) electrons. The first-order valence-corrected chi connectivity index (χ1v) is 5.36. The number of rotatable bonds is 4. The van der Waals surface area contributed by atoms with Crippen LogP contribution in [0.15, 0.2) is 12.7 Å². The summed E-state index contributed by atoms with van der Waals surface area (Å²) < 4.78 is 0. The Bertz CT molecular complexity index is 197. The summed E-state index contributed by atoms with van der Waals surface area (Å²) in [6.07, 6.45) is 4.80. The molecule has 1 saturated heterocycles. The Balaban J connectivity index is 2.28. The standard InChI is InChI=1S/C11H20N2O/c1-3-5-9(2)13-11(14)10-6-4-7-12-8-10/h3,9-10,12H,1,4-8H2,2H3,(H,13,14)/t9?,10-/m1/s1. The average molecular weight is 196 g/mol. The third-order valence-corrected chi connectivity index (χ3v) is 2.58. The van der Waals surface area contributed by atoms with Crippen molar-refractivity contribution >= 4 is 5.91 Å². The summed E-state index contributed by atoms with van der Waals surface area (Å²) >= 11 is 0. The third-order valence-electron chi connectivity index (χ3n) is 2.58. The fourth-order valence-corrected chi connectivity index (χ4v) is 1.75. The van der Waals surface area contributed by atoms with Crippen LogP contribution in [0.2, 0.25) is 0 Å². The molecule has 2 N–H and O–H groups in total. The van der Waals surface area contributed by atoms with Crippen LogP contribution in [0, 0.1) is 5.92 Å². The van der Waals surface area contributed by atoms with E-state index < -0.39 is 0 Å². The Morgan fingerprint density at radius 2 is 2.57 bits per heavy atom. The van der Waals surface area contributed by atoms with Crippen molar-refractivity contribution in [3.8, 4) is 0 Å². The van der Waals surface area contributed by atoms with Crippen LogP contribution in [-0.4, -0.2) is 25.0 Å². The summed E-state index contributed by atoms with van der Waals surface area (Å²) in [6, 6.07) is 0.210. The molecule has 80 valence electrons. The number of carbonyl (C=O) groups is 1. The molecule has 1 unspecified atom stereocenters. The molecule has 0 aromatic carbocycles. The van der Waals surface area contributed by atoms with Crippen molar-refractivity contribution in [1.29, 1.82) is 0 Å². The number of hydrogen-bond donors (Lipinski definition) is 2. The van der Waals surface area contributed by atoms with Crippen molar-refractivity contribution in [2.24, 2.45) is 5.92 Å². The van der Waals surface area contributed by atoms with Gasteiger partial charge in [-0.1, -0.05) is 6.08 Å². The SMILES string of the molecule is C=CCC(C)NC(=O)[C@@H]1CCCNC1. The van der Waals surface area contributed by atoms with E-state index in [0.717, 1.165) is 32.4 Å². The number of carbonyl (C=O) groups excluding carboxylic acids is 1. The van der Waals surface area contributed by atoms with Gasteiger partial charge in [-0.05, 0) is 32.7 Å². The summed E-state index contributed by atoms with van der Waals surface area (Å²) in [5.74, 6) is 0.350. The van der Waals surface area contributed by atoms with Crippen LogP contribution in [0.4, 0.5) is 0 Å². The van der Waals surface area contributed by atoms with Gasteiger partial charge in [-0.15, -0.1) is 6.58 Å². The van der Waals surface area contributed by atoms with Crippen molar-refractivity contribution in [2.45, 2.75) is 32.2 Å². The number of piperidine rings is 1. The summed E-state index contributed by atoms with van der Waals surface area (Å²) in [5, 5.41) is 6.24. The molecule has 0 aromatic rings. The molecular formula is C11H20N2O. The van der Waals surface area contributed by atoms with Crippen LogP contribution >= 0.6 is 0 Å². The van der Waals surface area contributed by atoms with E-state index in [0.29, 0.717) is 0 Å². The van der Waals surface area contributed by atoms with Gasteiger partial charge in [-0.25, -0.2) is 0 Å². The first-order chi connectivity index (χ1) is 6.74. The van der Waals surface area contributed by atoms with Gasteiger partial charge in [-0.3, -0.25) is 4.79 Å². The predicted molar refractivity (Wildman–Crippen MR) is 58.0 cm³/mol. The maximum Gasteiger partial charge on any atom is 0.224 e. The molecule has 3 heteroatoms. The molecule has 1 aliphatic rings. The normalized spacial score (nSPS) is 23.9. The lowest BCUT2D eigenvalue weighted by atomic mass is 9.98. The van der Waals surface area contributed by atoms with Gasteiger partial charge in [0.15, 0.2) is 0 Å². The molecule has 14 heavy (non-hydrogen) atoms. The second kappa shape index (κ2) is 5.81.